The summed E-state index contributed by atoms with van der Waals surface area (Å²) >= 11 is 0. The quantitative estimate of drug-likeness (QED) is 0.0554. The molecule has 0 unspecified atom stereocenters. The van der Waals surface area contributed by atoms with Crippen molar-refractivity contribution >= 4 is 49.5 Å². The van der Waals surface area contributed by atoms with E-state index in [-0.39, 0.29) is 28.9 Å². The van der Waals surface area contributed by atoms with Gasteiger partial charge in [-0.2, -0.15) is 26.3 Å². The Hall–Kier alpha value is -3.99. The van der Waals surface area contributed by atoms with Crippen LogP contribution in [-0.4, -0.2) is 133 Å². The van der Waals surface area contributed by atoms with Crippen LogP contribution in [-0.2, 0) is 29.7 Å². The number of nitrogens with two attached hydrogens (primary N) is 2. The normalized spacial score (nSPS) is 16.6. The lowest BCUT2D eigenvalue weighted by molar-refractivity contribution is -0.193. The maximum absolute atomic E-state index is 13.6. The van der Waals surface area contributed by atoms with Gasteiger partial charge in [-0.1, -0.05) is 49.6 Å². The summed E-state index contributed by atoms with van der Waals surface area (Å²) in [7, 11) is -0.409. The summed E-state index contributed by atoms with van der Waals surface area (Å²) in [4.78, 5) is 52.4. The molecule has 3 amide bonds. The van der Waals surface area contributed by atoms with Crippen molar-refractivity contribution in [2.45, 2.75) is 81.1 Å². The predicted octanol–water partition coefficient (Wildman–Crippen LogP) is 2.76. The summed E-state index contributed by atoms with van der Waals surface area (Å²) in [6, 6.07) is 8.01. The number of hydrogen-bond acceptors (Lipinski definition) is 9. The van der Waals surface area contributed by atoms with E-state index in [1.165, 1.54) is 0 Å². The van der Waals surface area contributed by atoms with Crippen molar-refractivity contribution < 1.29 is 64.2 Å². The van der Waals surface area contributed by atoms with Crippen LogP contribution in [0.25, 0.3) is 0 Å². The van der Waals surface area contributed by atoms with E-state index >= 15 is 0 Å². The van der Waals surface area contributed by atoms with Crippen LogP contribution in [0.2, 0.25) is 0 Å². The first kappa shape index (κ1) is 48.0. The SMILES string of the molecule is CN1CCN(C(=O)N[C@@H](Cc2ccccc2)C(=O)N[C@@H](CCCN=C(N)N)CSS(=O)(=O)C2CCCCC2)CC1.O=C(O)C(F)(F)F.O=C(O)C(F)(F)F. The molecule has 0 bridgehead atoms. The number of alkyl halides is 6. The lowest BCUT2D eigenvalue weighted by atomic mass is 10.0. The Morgan fingerprint density at radius 2 is 1.43 bits per heavy atom. The molecule has 2 fully saturated rings. The number of aliphatic imine (C=N–C) groups is 1. The van der Waals surface area contributed by atoms with Gasteiger partial charge in [-0.15, -0.1) is 0 Å². The molecule has 1 saturated carbocycles. The van der Waals surface area contributed by atoms with Crippen molar-refractivity contribution in [3.63, 3.8) is 0 Å². The molecule has 15 nitrogen and oxygen atoms in total. The minimum atomic E-state index is -5.08. The number of likely N-dealkylation sites (N-methyl/N-ethyl adjacent to an activating group) is 1. The van der Waals surface area contributed by atoms with E-state index in [0.29, 0.717) is 51.7 Å². The summed E-state index contributed by atoms with van der Waals surface area (Å²) in [5.74, 6) is -5.64. The van der Waals surface area contributed by atoms with Crippen molar-refractivity contribution in [3.05, 3.63) is 35.9 Å². The van der Waals surface area contributed by atoms with Crippen molar-refractivity contribution in [3.8, 4) is 0 Å². The lowest BCUT2D eigenvalue weighted by Crippen LogP contribution is -2.57. The fourth-order valence-electron chi connectivity index (χ4n) is 4.98. The summed E-state index contributed by atoms with van der Waals surface area (Å²) in [5, 5.41) is 19.9. The average Bonchev–Trinajstić information content (AvgIpc) is 3.09. The van der Waals surface area contributed by atoms with Gasteiger partial charge in [-0.25, -0.2) is 22.8 Å². The molecule has 3 rings (SSSR count). The molecular formula is C31H47F6N7O8S2. The van der Waals surface area contributed by atoms with Crippen LogP contribution in [0, 0.1) is 0 Å². The smallest absolute Gasteiger partial charge is 0.475 e. The van der Waals surface area contributed by atoms with Gasteiger partial charge in [0.1, 0.15) is 6.04 Å². The number of halogens is 6. The first-order valence-electron chi connectivity index (χ1n) is 16.6. The molecule has 54 heavy (non-hydrogen) atoms. The van der Waals surface area contributed by atoms with Gasteiger partial charge in [-0.3, -0.25) is 9.79 Å². The summed E-state index contributed by atoms with van der Waals surface area (Å²) in [6.45, 7) is 3.10. The number of benzene rings is 1. The molecule has 0 radical (unpaired) electrons. The highest BCUT2D eigenvalue weighted by Crippen LogP contribution is 2.31. The molecule has 308 valence electrons. The van der Waals surface area contributed by atoms with Crippen LogP contribution in [0.4, 0.5) is 31.1 Å². The van der Waals surface area contributed by atoms with Crippen LogP contribution in [0.1, 0.15) is 50.5 Å². The third kappa shape index (κ3) is 19.9. The number of carboxylic acid groups (broad SMARTS) is 2. The number of hydrogen-bond donors (Lipinski definition) is 6. The fraction of sp³-hybridized carbons (Fsp3) is 0.645. The second-order valence-corrected chi connectivity index (χ2v) is 16.6. The number of carbonyl (C=O) groups is 4. The minimum Gasteiger partial charge on any atom is -0.475 e. The van der Waals surface area contributed by atoms with Gasteiger partial charge in [-0.05, 0) is 49.1 Å². The molecule has 2 aliphatic rings. The maximum atomic E-state index is 13.6. The molecule has 0 aromatic heterocycles. The maximum Gasteiger partial charge on any atom is 0.490 e. The van der Waals surface area contributed by atoms with Crippen LogP contribution >= 0.6 is 10.8 Å². The fourth-order valence-corrected chi connectivity index (χ4v) is 8.90. The van der Waals surface area contributed by atoms with Crippen molar-refractivity contribution in [2.24, 2.45) is 16.5 Å². The zero-order chi connectivity index (χ0) is 41.1. The van der Waals surface area contributed by atoms with Gasteiger partial charge in [0.2, 0.25) is 14.8 Å². The summed E-state index contributed by atoms with van der Waals surface area (Å²) in [5.41, 5.74) is 11.8. The summed E-state index contributed by atoms with van der Waals surface area (Å²) in [6.07, 6.45) is -4.47. The first-order chi connectivity index (χ1) is 25.0. The van der Waals surface area contributed by atoms with Gasteiger partial charge in [0.15, 0.2) is 5.96 Å². The molecule has 1 aliphatic heterocycles. The number of carbonyl (C=O) groups excluding carboxylic acids is 2. The molecule has 1 saturated heterocycles. The third-order valence-electron chi connectivity index (χ3n) is 7.92. The Balaban J connectivity index is 0.000000879. The number of nitrogens with one attached hydrogen (secondary N) is 2. The molecular weight excluding hydrogens is 777 g/mol. The summed E-state index contributed by atoms with van der Waals surface area (Å²) < 4.78 is 89.6. The van der Waals surface area contributed by atoms with Crippen LogP contribution in [0.5, 0.6) is 0 Å². The minimum absolute atomic E-state index is 0.00983. The Morgan fingerprint density at radius 3 is 1.91 bits per heavy atom. The molecule has 1 aromatic carbocycles. The number of amides is 3. The van der Waals surface area contributed by atoms with Gasteiger partial charge in [0.05, 0.1) is 5.25 Å². The highest BCUT2D eigenvalue weighted by atomic mass is 33.1. The average molecular weight is 824 g/mol. The van der Waals surface area contributed by atoms with E-state index in [1.54, 1.807) is 4.90 Å². The third-order valence-corrected chi connectivity index (χ3v) is 12.3. The number of guanidine groups is 1. The van der Waals surface area contributed by atoms with Crippen LogP contribution in [0.3, 0.4) is 0 Å². The van der Waals surface area contributed by atoms with Gasteiger partial charge < -0.3 is 42.1 Å². The number of piperazine rings is 1. The number of urea groups is 1. The molecule has 0 spiro atoms. The van der Waals surface area contributed by atoms with Crippen molar-refractivity contribution in [2.75, 3.05) is 45.5 Å². The van der Waals surface area contributed by atoms with E-state index in [2.05, 4.69) is 20.5 Å². The lowest BCUT2D eigenvalue weighted by Gasteiger charge is -2.33. The zero-order valence-corrected chi connectivity index (χ0v) is 31.1. The van der Waals surface area contributed by atoms with E-state index in [4.69, 9.17) is 31.3 Å². The highest BCUT2D eigenvalue weighted by Gasteiger charge is 2.39. The number of carboxylic acids is 2. The van der Waals surface area contributed by atoms with Crippen molar-refractivity contribution in [1.29, 1.82) is 0 Å². The second-order valence-electron chi connectivity index (χ2n) is 12.3. The predicted molar refractivity (Wildman–Crippen MR) is 189 cm³/mol. The number of aliphatic carboxylic acids is 2. The van der Waals surface area contributed by atoms with Crippen molar-refractivity contribution in [1.82, 2.24) is 20.4 Å². The van der Waals surface area contributed by atoms with E-state index in [9.17, 15) is 44.3 Å². The van der Waals surface area contributed by atoms with E-state index < -0.39 is 45.2 Å². The van der Waals surface area contributed by atoms with Gasteiger partial charge in [0, 0.05) is 50.9 Å². The Labute approximate surface area is 312 Å². The zero-order valence-electron chi connectivity index (χ0n) is 29.4. The molecule has 23 heteroatoms. The highest BCUT2D eigenvalue weighted by molar-refractivity contribution is 8.72. The standard InChI is InChI=1S/C27H45N7O4S2.2C2HF3O2/c1-33-15-17-34(18-16-33)27(36)32-24(19-21-9-4-2-5-10-21)25(35)31-22(11-8-14-30-26(28)29)20-39-40(37,38)23-12-6-3-7-13-23;2*3-2(4,5)1(6)7/h2,4-5,9-10,22-24H,3,6-8,11-20H2,1H3,(H,31,35)(H,32,36)(H4,28,29,30);2*(H,6,7)/t22-,24-;;/m0../s1. The first-order valence-corrected chi connectivity index (χ1v) is 19.7. The number of rotatable bonds is 13. The largest absolute Gasteiger partial charge is 0.490 e. The van der Waals surface area contributed by atoms with Crippen LogP contribution in [0.15, 0.2) is 35.3 Å². The Morgan fingerprint density at radius 1 is 0.907 bits per heavy atom. The molecule has 8 N–H and O–H groups in total. The van der Waals surface area contributed by atoms with Crippen LogP contribution < -0.4 is 22.1 Å². The Kier molecular flexibility index (Phi) is 20.5. The molecule has 2 atom stereocenters. The number of nitrogens with zero attached hydrogens (tertiary/aromatic N) is 3. The van der Waals surface area contributed by atoms with E-state index in [1.807, 2.05) is 37.4 Å². The monoisotopic (exact) mass is 823 g/mol. The van der Waals surface area contributed by atoms with E-state index in [0.717, 1.165) is 48.7 Å². The molecule has 1 heterocycles. The Bertz CT molecular complexity index is 1450. The molecule has 1 aromatic rings. The van der Waals surface area contributed by atoms with Gasteiger partial charge in [0.25, 0.3) is 0 Å². The topological polar surface area (TPSA) is 238 Å². The van der Waals surface area contributed by atoms with Gasteiger partial charge >= 0.3 is 30.3 Å². The second kappa shape index (κ2) is 23.0. The molecule has 1 aliphatic carbocycles.